The summed E-state index contributed by atoms with van der Waals surface area (Å²) in [6, 6.07) is 10.8. The van der Waals surface area contributed by atoms with Gasteiger partial charge in [0.25, 0.3) is 5.91 Å². The molecule has 1 aliphatic heterocycles. The van der Waals surface area contributed by atoms with Gasteiger partial charge in [-0.25, -0.2) is 13.6 Å². The highest BCUT2D eigenvalue weighted by molar-refractivity contribution is 7.89. The van der Waals surface area contributed by atoms with Gasteiger partial charge in [0.15, 0.2) is 0 Å². The predicted octanol–water partition coefficient (Wildman–Crippen LogP) is 1.72. The average Bonchev–Trinajstić information content (AvgIpc) is 3.07. The number of primary sulfonamides is 1. The van der Waals surface area contributed by atoms with E-state index in [1.807, 2.05) is 0 Å². The zero-order valence-electron chi connectivity index (χ0n) is 14.6. The van der Waals surface area contributed by atoms with E-state index < -0.39 is 15.9 Å². The molecule has 1 heterocycles. The summed E-state index contributed by atoms with van der Waals surface area (Å²) in [4.78, 5) is 25.7. The van der Waals surface area contributed by atoms with Crippen molar-refractivity contribution < 1.29 is 22.7 Å². The predicted molar refractivity (Wildman–Crippen MR) is 100 cm³/mol. The molecular formula is C18H19N3O5S. The second-order valence-electron chi connectivity index (χ2n) is 6.06. The molecule has 2 aromatic rings. The maximum atomic E-state index is 12.4. The topological polar surface area (TPSA) is 119 Å². The molecule has 1 fully saturated rings. The Morgan fingerprint density at radius 2 is 1.89 bits per heavy atom. The molecule has 2 amide bonds. The molecule has 1 aliphatic rings. The summed E-state index contributed by atoms with van der Waals surface area (Å²) in [7, 11) is -2.67. The first-order chi connectivity index (χ1) is 12.8. The van der Waals surface area contributed by atoms with Crippen molar-refractivity contribution in [3.05, 3.63) is 48.0 Å². The van der Waals surface area contributed by atoms with Crippen LogP contribution in [0.3, 0.4) is 0 Å². The van der Waals surface area contributed by atoms with Crippen molar-refractivity contribution in [2.45, 2.75) is 17.7 Å². The lowest BCUT2D eigenvalue weighted by Gasteiger charge is -2.16. The van der Waals surface area contributed by atoms with Crippen LogP contribution in [0.5, 0.6) is 5.75 Å². The van der Waals surface area contributed by atoms with E-state index in [0.717, 1.165) is 12.1 Å². The first-order valence-corrected chi connectivity index (χ1v) is 9.77. The Kier molecular flexibility index (Phi) is 5.15. The number of ether oxygens (including phenoxy) is 1. The second kappa shape index (κ2) is 7.37. The number of anilines is 2. The maximum absolute atomic E-state index is 12.4. The SMILES string of the molecule is COc1ccc(NC(=O)c2ccc(N3CCCC3=O)cc2)cc1S(N)(=O)=O. The van der Waals surface area contributed by atoms with Gasteiger partial charge in [0, 0.05) is 29.9 Å². The normalized spacial score (nSPS) is 14.3. The number of rotatable bonds is 5. The lowest BCUT2D eigenvalue weighted by Crippen LogP contribution is -2.23. The number of nitrogens with zero attached hydrogens (tertiary/aromatic N) is 1. The number of nitrogens with two attached hydrogens (primary N) is 1. The van der Waals surface area contributed by atoms with Crippen LogP contribution in [0.15, 0.2) is 47.4 Å². The molecule has 0 aromatic heterocycles. The third kappa shape index (κ3) is 4.09. The quantitative estimate of drug-likeness (QED) is 0.807. The van der Waals surface area contributed by atoms with Gasteiger partial charge in [0.05, 0.1) is 7.11 Å². The number of benzene rings is 2. The number of hydrogen-bond donors (Lipinski definition) is 2. The molecule has 0 unspecified atom stereocenters. The van der Waals surface area contributed by atoms with Crippen molar-refractivity contribution in [1.29, 1.82) is 0 Å². The molecule has 1 saturated heterocycles. The van der Waals surface area contributed by atoms with Crippen molar-refractivity contribution in [2.24, 2.45) is 5.14 Å². The smallest absolute Gasteiger partial charge is 0.255 e. The van der Waals surface area contributed by atoms with Crippen LogP contribution in [-0.4, -0.2) is 33.9 Å². The molecule has 0 aliphatic carbocycles. The minimum atomic E-state index is -4.00. The highest BCUT2D eigenvalue weighted by Gasteiger charge is 2.22. The van der Waals surface area contributed by atoms with Crippen LogP contribution < -0.4 is 20.1 Å². The van der Waals surface area contributed by atoms with Gasteiger partial charge in [-0.1, -0.05) is 0 Å². The van der Waals surface area contributed by atoms with E-state index in [0.29, 0.717) is 18.5 Å². The van der Waals surface area contributed by atoms with Gasteiger partial charge in [-0.15, -0.1) is 0 Å². The van der Waals surface area contributed by atoms with Gasteiger partial charge in [0.2, 0.25) is 15.9 Å². The van der Waals surface area contributed by atoms with Gasteiger partial charge in [-0.05, 0) is 48.9 Å². The van der Waals surface area contributed by atoms with Crippen LogP contribution in [0, 0.1) is 0 Å². The first kappa shape index (κ1) is 18.9. The molecule has 0 spiro atoms. The fourth-order valence-electron chi connectivity index (χ4n) is 2.89. The lowest BCUT2D eigenvalue weighted by molar-refractivity contribution is -0.117. The molecule has 2 aromatic carbocycles. The highest BCUT2D eigenvalue weighted by atomic mass is 32.2. The Morgan fingerprint density at radius 1 is 1.19 bits per heavy atom. The van der Waals surface area contributed by atoms with Gasteiger partial charge in [0.1, 0.15) is 10.6 Å². The molecule has 3 N–H and O–H groups in total. The Balaban J connectivity index is 1.78. The van der Waals surface area contributed by atoms with Crippen LogP contribution in [-0.2, 0) is 14.8 Å². The minimum absolute atomic E-state index is 0.0703. The highest BCUT2D eigenvalue weighted by Crippen LogP contribution is 2.27. The van der Waals surface area contributed by atoms with Crippen LogP contribution in [0.4, 0.5) is 11.4 Å². The molecule has 142 valence electrons. The number of nitrogens with one attached hydrogen (secondary N) is 1. The van der Waals surface area contributed by atoms with Crippen LogP contribution >= 0.6 is 0 Å². The zero-order valence-corrected chi connectivity index (χ0v) is 15.5. The maximum Gasteiger partial charge on any atom is 0.255 e. The molecule has 9 heteroatoms. The Hall–Kier alpha value is -2.91. The number of carbonyl (C=O) groups is 2. The second-order valence-corrected chi connectivity index (χ2v) is 7.59. The monoisotopic (exact) mass is 389 g/mol. The van der Waals surface area contributed by atoms with Crippen LogP contribution in [0.1, 0.15) is 23.2 Å². The Morgan fingerprint density at radius 3 is 2.44 bits per heavy atom. The van der Waals surface area contributed by atoms with Crippen molar-refractivity contribution in [3.63, 3.8) is 0 Å². The van der Waals surface area contributed by atoms with Gasteiger partial charge >= 0.3 is 0 Å². The first-order valence-electron chi connectivity index (χ1n) is 8.22. The average molecular weight is 389 g/mol. The molecule has 0 atom stereocenters. The Labute approximate surface area is 157 Å². The largest absolute Gasteiger partial charge is 0.495 e. The summed E-state index contributed by atoms with van der Waals surface area (Å²) in [6.07, 6.45) is 1.36. The number of hydrogen-bond acceptors (Lipinski definition) is 5. The number of sulfonamides is 1. The van der Waals surface area contributed by atoms with Crippen molar-refractivity contribution in [1.82, 2.24) is 0 Å². The summed E-state index contributed by atoms with van der Waals surface area (Å²) in [5.74, 6) is -0.254. The standard InChI is InChI=1S/C18H19N3O5S/c1-26-15-9-6-13(11-16(15)27(19,24)25)20-18(23)12-4-7-14(8-5-12)21-10-2-3-17(21)22/h4-9,11H,2-3,10H2,1H3,(H,20,23)(H2,19,24,25). The van der Waals surface area contributed by atoms with E-state index in [1.54, 1.807) is 29.2 Å². The fourth-order valence-corrected chi connectivity index (χ4v) is 3.62. The van der Waals surface area contributed by atoms with Gasteiger partial charge < -0.3 is 15.0 Å². The summed E-state index contributed by atoms with van der Waals surface area (Å²) in [6.45, 7) is 0.673. The molecular weight excluding hydrogens is 370 g/mol. The summed E-state index contributed by atoms with van der Waals surface area (Å²) < 4.78 is 28.3. The Bertz CT molecular complexity index is 987. The number of methoxy groups -OCH3 is 1. The van der Waals surface area contributed by atoms with E-state index in [2.05, 4.69) is 5.32 Å². The van der Waals surface area contributed by atoms with E-state index >= 15 is 0 Å². The zero-order chi connectivity index (χ0) is 19.6. The summed E-state index contributed by atoms with van der Waals surface area (Å²) in [5, 5.41) is 7.80. The van der Waals surface area contributed by atoms with Gasteiger partial charge in [-0.3, -0.25) is 9.59 Å². The van der Waals surface area contributed by atoms with Crippen molar-refractivity contribution in [3.8, 4) is 5.75 Å². The van der Waals surface area contributed by atoms with Crippen molar-refractivity contribution in [2.75, 3.05) is 23.9 Å². The molecule has 8 nitrogen and oxygen atoms in total. The van der Waals surface area contributed by atoms with E-state index in [9.17, 15) is 18.0 Å². The molecule has 0 saturated carbocycles. The molecule has 3 rings (SSSR count). The van der Waals surface area contributed by atoms with E-state index in [-0.39, 0.29) is 22.2 Å². The van der Waals surface area contributed by atoms with E-state index in [4.69, 9.17) is 9.88 Å². The summed E-state index contributed by atoms with van der Waals surface area (Å²) >= 11 is 0. The summed E-state index contributed by atoms with van der Waals surface area (Å²) in [5.41, 5.74) is 1.39. The minimum Gasteiger partial charge on any atom is -0.495 e. The third-order valence-corrected chi connectivity index (χ3v) is 5.17. The number of amides is 2. The fraction of sp³-hybridized carbons (Fsp3) is 0.222. The van der Waals surface area contributed by atoms with Gasteiger partial charge in [-0.2, -0.15) is 0 Å². The third-order valence-electron chi connectivity index (χ3n) is 4.24. The van der Waals surface area contributed by atoms with Crippen LogP contribution in [0.25, 0.3) is 0 Å². The molecule has 0 bridgehead atoms. The number of carbonyl (C=O) groups excluding carboxylic acids is 2. The van der Waals surface area contributed by atoms with Crippen LogP contribution in [0.2, 0.25) is 0 Å². The van der Waals surface area contributed by atoms with Crippen molar-refractivity contribution >= 4 is 33.2 Å². The lowest BCUT2D eigenvalue weighted by atomic mass is 10.1. The van der Waals surface area contributed by atoms with E-state index in [1.165, 1.54) is 25.3 Å². The molecule has 0 radical (unpaired) electrons. The molecule has 27 heavy (non-hydrogen) atoms.